The minimum atomic E-state index is -5.20. The Hall–Kier alpha value is -5.10. The van der Waals surface area contributed by atoms with E-state index in [1.807, 2.05) is 13.8 Å². The van der Waals surface area contributed by atoms with Crippen LogP contribution in [0.2, 0.25) is 0 Å². The van der Waals surface area contributed by atoms with Gasteiger partial charge in [0.2, 0.25) is 0 Å². The van der Waals surface area contributed by atoms with Gasteiger partial charge in [0.05, 0.1) is 11.4 Å². The third-order valence-electron chi connectivity index (χ3n) is 10.5. The molecule has 6 rings (SSSR count). The van der Waals surface area contributed by atoms with Gasteiger partial charge in [-0.25, -0.2) is 0 Å². The molecule has 10 N–H and O–H groups in total. The van der Waals surface area contributed by atoms with Gasteiger partial charge >= 0.3 is 0 Å². The molecule has 16 heteroatoms. The number of hydrogen-bond acceptors (Lipinski definition) is 12. The van der Waals surface area contributed by atoms with Crippen molar-refractivity contribution in [2.75, 3.05) is 0 Å². The van der Waals surface area contributed by atoms with Gasteiger partial charge in [-0.15, -0.1) is 0 Å². The molecule has 0 aromatic heterocycles. The van der Waals surface area contributed by atoms with Crippen molar-refractivity contribution >= 4 is 43.1 Å². The molecular weight excluding hydrogens is 733 g/mol. The number of rotatable bonds is 9. The zero-order chi connectivity index (χ0) is 39.4. The molecule has 0 spiro atoms. The normalized spacial score (nSPS) is 24.4. The molecule has 4 aromatic carbocycles. The van der Waals surface area contributed by atoms with Crippen LogP contribution in [0.15, 0.2) is 95.1 Å². The molecule has 282 valence electrons. The molecule has 0 saturated heterocycles. The molecule has 4 atom stereocenters. The number of hydrogen-bond donors (Lipinski definition) is 8. The van der Waals surface area contributed by atoms with Crippen molar-refractivity contribution in [1.29, 1.82) is 10.8 Å². The van der Waals surface area contributed by atoms with E-state index in [0.29, 0.717) is 47.9 Å². The highest BCUT2D eigenvalue weighted by Crippen LogP contribution is 2.50. The Kier molecular flexibility index (Phi) is 9.98. The quantitative estimate of drug-likeness (QED) is 0.0695. The van der Waals surface area contributed by atoms with E-state index < -0.39 is 53.4 Å². The number of nitrogens with zero attached hydrogens (tertiary/aromatic N) is 2. The van der Waals surface area contributed by atoms with E-state index in [4.69, 9.17) is 22.5 Å². The van der Waals surface area contributed by atoms with Gasteiger partial charge in [-0.1, -0.05) is 112 Å². The number of nitrogens with one attached hydrogen (secondary N) is 2. The zero-order valence-electron chi connectivity index (χ0n) is 29.4. The molecule has 0 aliphatic heterocycles. The van der Waals surface area contributed by atoms with Crippen LogP contribution in [0.3, 0.4) is 0 Å². The van der Waals surface area contributed by atoms with Gasteiger partial charge in [-0.05, 0) is 57.3 Å². The molecular formula is C38H40N6O8S2. The molecule has 0 saturated carbocycles. The first-order valence-electron chi connectivity index (χ1n) is 17.1. The van der Waals surface area contributed by atoms with Crippen LogP contribution in [0.4, 0.5) is 0 Å². The number of aryl methyl sites for hydroxylation is 2. The van der Waals surface area contributed by atoms with E-state index >= 15 is 0 Å². The fraction of sp³-hybridized carbons (Fsp3) is 0.263. The van der Waals surface area contributed by atoms with Crippen LogP contribution in [0.5, 0.6) is 0 Å². The molecule has 0 amide bonds. The molecule has 54 heavy (non-hydrogen) atoms. The van der Waals surface area contributed by atoms with Gasteiger partial charge in [-0.2, -0.15) is 27.0 Å². The monoisotopic (exact) mass is 772 g/mol. The lowest BCUT2D eigenvalue weighted by Gasteiger charge is -2.42. The molecule has 0 radical (unpaired) electrons. The van der Waals surface area contributed by atoms with Crippen molar-refractivity contribution in [3.8, 4) is 11.1 Å². The average Bonchev–Trinajstić information content (AvgIpc) is 3.12. The molecule has 2 aliphatic carbocycles. The number of fused-ring (bicyclic) bond motifs is 2. The fourth-order valence-electron chi connectivity index (χ4n) is 8.20. The molecule has 4 unspecified atom stereocenters. The van der Waals surface area contributed by atoms with Gasteiger partial charge in [0, 0.05) is 11.1 Å². The zero-order valence-corrected chi connectivity index (χ0v) is 31.0. The smallest absolute Gasteiger partial charge is 0.282 e. The highest BCUT2D eigenvalue weighted by Gasteiger charge is 2.61. The Labute approximate surface area is 312 Å². The maximum Gasteiger partial charge on any atom is 0.282 e. The van der Waals surface area contributed by atoms with E-state index in [0.717, 1.165) is 0 Å². The predicted molar refractivity (Wildman–Crippen MR) is 206 cm³/mol. The molecule has 14 nitrogen and oxygen atoms in total. The van der Waals surface area contributed by atoms with E-state index in [1.54, 1.807) is 48.5 Å². The molecule has 0 fully saturated rings. The highest BCUT2D eigenvalue weighted by atomic mass is 32.2. The molecule has 0 bridgehead atoms. The first-order valence-corrected chi connectivity index (χ1v) is 20.0. The van der Waals surface area contributed by atoms with Crippen molar-refractivity contribution in [3.63, 3.8) is 0 Å². The first kappa shape index (κ1) is 38.6. The highest BCUT2D eigenvalue weighted by molar-refractivity contribution is 7.87. The van der Waals surface area contributed by atoms with Gasteiger partial charge in [0.1, 0.15) is 23.6 Å². The van der Waals surface area contributed by atoms with Crippen LogP contribution in [-0.4, -0.2) is 71.2 Å². The topological polar surface area (TPSA) is 274 Å². The summed E-state index contributed by atoms with van der Waals surface area (Å²) in [6, 6.07) is 21.7. The summed E-state index contributed by atoms with van der Waals surface area (Å²) < 4.78 is 71.8. The van der Waals surface area contributed by atoms with Crippen molar-refractivity contribution < 1.29 is 36.2 Å². The fourth-order valence-corrected chi connectivity index (χ4v) is 10.8. The SMILES string of the molecule is CCCc1cc(-c2ccc(C3(S(=O)(=O)O)c4ccccc4C(=N)C(=NN)C3O)c(CCC)c2)ccc1C1(S(=O)(=O)O)c2ccccc2C(=N)C(=NN)C1O. The molecule has 2 aliphatic rings. The van der Waals surface area contributed by atoms with Gasteiger partial charge < -0.3 is 21.9 Å². The van der Waals surface area contributed by atoms with Gasteiger partial charge in [-0.3, -0.25) is 19.9 Å². The number of aliphatic hydroxyl groups is 2. The lowest BCUT2D eigenvalue weighted by Crippen LogP contribution is -2.57. The first-order chi connectivity index (χ1) is 25.6. The number of aliphatic hydroxyl groups excluding tert-OH is 2. The van der Waals surface area contributed by atoms with Crippen LogP contribution in [-0.2, 0) is 42.6 Å². The minimum absolute atomic E-state index is 0.0209. The Bertz CT molecular complexity index is 2330. The minimum Gasteiger partial charge on any atom is -0.384 e. The van der Waals surface area contributed by atoms with E-state index in [-0.39, 0.29) is 44.8 Å². The Morgan fingerprint density at radius 3 is 1.28 bits per heavy atom. The largest absolute Gasteiger partial charge is 0.384 e. The number of nitrogens with two attached hydrogens (primary N) is 2. The Morgan fingerprint density at radius 2 is 0.963 bits per heavy atom. The van der Waals surface area contributed by atoms with E-state index in [1.165, 1.54) is 36.4 Å². The number of benzene rings is 4. The Balaban J connectivity index is 1.62. The lowest BCUT2D eigenvalue weighted by molar-refractivity contribution is 0.195. The van der Waals surface area contributed by atoms with E-state index in [2.05, 4.69) is 10.2 Å². The summed E-state index contributed by atoms with van der Waals surface area (Å²) in [5.74, 6) is 11.2. The van der Waals surface area contributed by atoms with Crippen molar-refractivity contribution in [1.82, 2.24) is 0 Å². The summed E-state index contributed by atoms with van der Waals surface area (Å²) in [6.07, 6.45) is -2.47. The second-order valence-electron chi connectivity index (χ2n) is 13.3. The summed E-state index contributed by atoms with van der Waals surface area (Å²) in [7, 11) is -10.4. The van der Waals surface area contributed by atoms with Crippen molar-refractivity contribution in [3.05, 3.63) is 129 Å². The van der Waals surface area contributed by atoms with E-state index in [9.17, 15) is 36.2 Å². The van der Waals surface area contributed by atoms with Gasteiger partial charge in [0.15, 0.2) is 9.49 Å². The molecule has 0 heterocycles. The summed E-state index contributed by atoms with van der Waals surface area (Å²) in [5, 5.41) is 47.9. The standard InChI is InChI=1S/C38H40N6O8S2/c1-3-9-23-19-21(15-17-27(23)37(53(47,48)49)29-13-7-5-11-25(29)31(39)33(43-41)35(37)45)22-16-18-28(24(20-22)10-4-2)38(54(50,51)52)30-14-8-6-12-26(30)32(40)34(44-42)36(38)46/h5-8,11-20,35-36,39-40,45-46H,3-4,9-10,41-42H2,1-2H3,(H,47,48,49)(H,50,51,52). The van der Waals surface area contributed by atoms with Gasteiger partial charge in [0.25, 0.3) is 20.2 Å². The Morgan fingerprint density at radius 1 is 0.611 bits per heavy atom. The lowest BCUT2D eigenvalue weighted by atomic mass is 9.72. The summed E-state index contributed by atoms with van der Waals surface area (Å²) >= 11 is 0. The summed E-state index contributed by atoms with van der Waals surface area (Å²) in [6.45, 7) is 3.75. The number of hydrazone groups is 2. The maximum atomic E-state index is 13.7. The maximum absolute atomic E-state index is 13.7. The van der Waals surface area contributed by atoms with Crippen LogP contribution in [0.25, 0.3) is 11.1 Å². The van der Waals surface area contributed by atoms with Crippen molar-refractivity contribution in [2.45, 2.75) is 61.2 Å². The van der Waals surface area contributed by atoms with Crippen LogP contribution in [0.1, 0.15) is 71.2 Å². The van der Waals surface area contributed by atoms with Crippen LogP contribution in [0, 0.1) is 10.8 Å². The summed E-state index contributed by atoms with van der Waals surface area (Å²) in [4.78, 5) is 0. The third kappa shape index (κ3) is 5.43. The second-order valence-corrected chi connectivity index (χ2v) is 16.5. The molecule has 4 aromatic rings. The summed E-state index contributed by atoms with van der Waals surface area (Å²) in [5.41, 5.74) is 0.904. The third-order valence-corrected chi connectivity index (χ3v) is 13.4. The van der Waals surface area contributed by atoms with Crippen molar-refractivity contribution in [2.24, 2.45) is 21.9 Å². The second kappa shape index (κ2) is 14.0. The predicted octanol–water partition coefficient (Wildman–Crippen LogP) is 3.64. The average molecular weight is 773 g/mol. The van der Waals surface area contributed by atoms with Crippen LogP contribution >= 0.6 is 0 Å². The van der Waals surface area contributed by atoms with Crippen LogP contribution < -0.4 is 11.7 Å².